The van der Waals surface area contributed by atoms with Crippen LogP contribution in [0.25, 0.3) is 0 Å². The van der Waals surface area contributed by atoms with Crippen LogP contribution in [-0.2, 0) is 14.3 Å². The van der Waals surface area contributed by atoms with Crippen molar-refractivity contribution in [1.29, 1.82) is 0 Å². The number of hydrogen-bond donors (Lipinski definition) is 0. The van der Waals surface area contributed by atoms with Gasteiger partial charge in [0.2, 0.25) is 5.60 Å². The highest BCUT2D eigenvalue weighted by Crippen LogP contribution is 2.39. The third kappa shape index (κ3) is 1.44. The molecule has 1 saturated heterocycles. The summed E-state index contributed by atoms with van der Waals surface area (Å²) >= 11 is 0. The molecule has 0 aromatic heterocycles. The molecule has 4 heteroatoms. The molecule has 88 valence electrons. The molecular weight excluding hydrogens is 206 g/mol. The van der Waals surface area contributed by atoms with Gasteiger partial charge in [-0.25, -0.2) is 4.79 Å². The fourth-order valence-corrected chi connectivity index (χ4v) is 2.66. The van der Waals surface area contributed by atoms with Crippen LogP contribution in [0, 0.1) is 0 Å². The van der Waals surface area contributed by atoms with Crippen molar-refractivity contribution in [3.05, 3.63) is 12.2 Å². The van der Waals surface area contributed by atoms with Gasteiger partial charge < -0.3 is 9.64 Å². The Bertz CT molecular complexity index is 380. The van der Waals surface area contributed by atoms with E-state index in [2.05, 4.69) is 0 Å². The Hall–Kier alpha value is -1.32. The second kappa shape index (κ2) is 3.09. The highest BCUT2D eigenvalue weighted by molar-refractivity contribution is 5.98. The third-order valence-electron chi connectivity index (χ3n) is 3.11. The lowest BCUT2D eigenvalue weighted by atomic mass is 10.0. The number of ether oxygens (including phenoxy) is 1. The van der Waals surface area contributed by atoms with Gasteiger partial charge in [0.05, 0.1) is 0 Å². The Labute approximate surface area is 95.2 Å². The highest BCUT2D eigenvalue weighted by atomic mass is 16.6. The lowest BCUT2D eigenvalue weighted by Gasteiger charge is -2.35. The first kappa shape index (κ1) is 11.2. The number of amides is 1. The van der Waals surface area contributed by atoms with E-state index in [1.54, 1.807) is 11.0 Å². The van der Waals surface area contributed by atoms with Crippen LogP contribution >= 0.6 is 0 Å². The SMILES string of the molecule is C[C@H]1C[C@@]2(C=CC(=O)O2)C(=O)N1C(C)(C)C. The van der Waals surface area contributed by atoms with Crippen LogP contribution in [0.5, 0.6) is 0 Å². The second-order valence-electron chi connectivity index (χ2n) is 5.54. The van der Waals surface area contributed by atoms with Gasteiger partial charge in [-0.3, -0.25) is 4.79 Å². The summed E-state index contributed by atoms with van der Waals surface area (Å²) in [6.07, 6.45) is 3.49. The van der Waals surface area contributed by atoms with Crippen LogP contribution in [0.15, 0.2) is 12.2 Å². The standard InChI is InChI=1S/C12H17NO3/c1-8-7-12(6-5-9(14)16-12)10(15)13(8)11(2,3)4/h5-6,8H,7H2,1-4H3/t8-,12-/m0/s1. The summed E-state index contributed by atoms with van der Waals surface area (Å²) < 4.78 is 5.18. The average molecular weight is 223 g/mol. The van der Waals surface area contributed by atoms with E-state index in [4.69, 9.17) is 4.74 Å². The van der Waals surface area contributed by atoms with E-state index in [-0.39, 0.29) is 17.5 Å². The third-order valence-corrected chi connectivity index (χ3v) is 3.11. The summed E-state index contributed by atoms with van der Waals surface area (Å²) in [4.78, 5) is 25.3. The highest BCUT2D eigenvalue weighted by Gasteiger charge is 2.56. The summed E-state index contributed by atoms with van der Waals surface area (Å²) in [6, 6.07) is 0.0862. The number of carbonyl (C=O) groups is 2. The number of nitrogens with zero attached hydrogens (tertiary/aromatic N) is 1. The van der Waals surface area contributed by atoms with E-state index < -0.39 is 11.6 Å². The van der Waals surface area contributed by atoms with Gasteiger partial charge in [0.15, 0.2) is 0 Å². The summed E-state index contributed by atoms with van der Waals surface area (Å²) in [5, 5.41) is 0. The van der Waals surface area contributed by atoms with Gasteiger partial charge in [0.1, 0.15) is 0 Å². The molecule has 1 amide bonds. The van der Waals surface area contributed by atoms with Gasteiger partial charge in [0.25, 0.3) is 5.91 Å². The minimum atomic E-state index is -1.02. The van der Waals surface area contributed by atoms with Crippen LogP contribution in [0.3, 0.4) is 0 Å². The largest absolute Gasteiger partial charge is 0.441 e. The molecule has 2 heterocycles. The minimum Gasteiger partial charge on any atom is -0.441 e. The Morgan fingerprint density at radius 1 is 1.44 bits per heavy atom. The van der Waals surface area contributed by atoms with Gasteiger partial charge >= 0.3 is 5.97 Å². The van der Waals surface area contributed by atoms with Crippen molar-refractivity contribution in [2.45, 2.75) is 51.3 Å². The van der Waals surface area contributed by atoms with Crippen molar-refractivity contribution >= 4 is 11.9 Å². The summed E-state index contributed by atoms with van der Waals surface area (Å²) in [7, 11) is 0. The normalized spacial score (nSPS) is 34.0. The molecule has 0 aromatic carbocycles. The molecule has 4 nitrogen and oxygen atoms in total. The van der Waals surface area contributed by atoms with E-state index in [1.807, 2.05) is 27.7 Å². The summed E-state index contributed by atoms with van der Waals surface area (Å²) in [5.74, 6) is -0.522. The van der Waals surface area contributed by atoms with Crippen LogP contribution in [0.2, 0.25) is 0 Å². The molecular formula is C12H17NO3. The monoisotopic (exact) mass is 223 g/mol. The van der Waals surface area contributed by atoms with E-state index in [0.29, 0.717) is 6.42 Å². The summed E-state index contributed by atoms with van der Waals surface area (Å²) in [5.41, 5.74) is -1.27. The number of rotatable bonds is 0. The second-order valence-corrected chi connectivity index (χ2v) is 5.54. The number of carbonyl (C=O) groups excluding carboxylic acids is 2. The fraction of sp³-hybridized carbons (Fsp3) is 0.667. The minimum absolute atomic E-state index is 0.0862. The first-order valence-corrected chi connectivity index (χ1v) is 5.52. The zero-order chi connectivity index (χ0) is 12.1. The maximum Gasteiger partial charge on any atom is 0.331 e. The Morgan fingerprint density at radius 3 is 2.44 bits per heavy atom. The molecule has 2 aliphatic heterocycles. The van der Waals surface area contributed by atoms with E-state index in [9.17, 15) is 9.59 Å². The van der Waals surface area contributed by atoms with Crippen LogP contribution < -0.4 is 0 Å². The topological polar surface area (TPSA) is 46.6 Å². The smallest absolute Gasteiger partial charge is 0.331 e. The van der Waals surface area contributed by atoms with Crippen molar-refractivity contribution in [2.75, 3.05) is 0 Å². The predicted molar refractivity (Wildman–Crippen MR) is 58.6 cm³/mol. The quantitative estimate of drug-likeness (QED) is 0.581. The van der Waals surface area contributed by atoms with Gasteiger partial charge in [-0.05, 0) is 33.8 Å². The number of esters is 1. The van der Waals surface area contributed by atoms with E-state index in [1.165, 1.54) is 6.08 Å². The molecule has 0 aliphatic carbocycles. The molecule has 0 bridgehead atoms. The Morgan fingerprint density at radius 2 is 2.06 bits per heavy atom. The van der Waals surface area contributed by atoms with Crippen molar-refractivity contribution in [3.8, 4) is 0 Å². The zero-order valence-corrected chi connectivity index (χ0v) is 10.1. The van der Waals surface area contributed by atoms with Crippen molar-refractivity contribution < 1.29 is 14.3 Å². The van der Waals surface area contributed by atoms with E-state index >= 15 is 0 Å². The first-order valence-electron chi connectivity index (χ1n) is 5.52. The molecule has 2 atom stereocenters. The molecule has 0 N–H and O–H groups in total. The molecule has 1 spiro atoms. The van der Waals surface area contributed by atoms with Crippen molar-refractivity contribution in [3.63, 3.8) is 0 Å². The Balaban J connectivity index is 2.34. The lowest BCUT2D eigenvalue weighted by Crippen LogP contribution is -2.49. The van der Waals surface area contributed by atoms with Gasteiger partial charge in [-0.1, -0.05) is 0 Å². The van der Waals surface area contributed by atoms with Gasteiger partial charge in [-0.15, -0.1) is 0 Å². The maximum atomic E-state index is 12.3. The van der Waals surface area contributed by atoms with Gasteiger partial charge in [-0.2, -0.15) is 0 Å². The van der Waals surface area contributed by atoms with Crippen LogP contribution in [0.4, 0.5) is 0 Å². The average Bonchev–Trinajstić information content (AvgIpc) is 2.55. The fourth-order valence-electron chi connectivity index (χ4n) is 2.66. The summed E-state index contributed by atoms with van der Waals surface area (Å²) in [6.45, 7) is 7.95. The molecule has 1 fully saturated rings. The molecule has 16 heavy (non-hydrogen) atoms. The maximum absolute atomic E-state index is 12.3. The number of hydrogen-bond acceptors (Lipinski definition) is 3. The molecule has 0 aromatic rings. The van der Waals surface area contributed by atoms with Crippen LogP contribution in [0.1, 0.15) is 34.1 Å². The first-order chi connectivity index (χ1) is 7.26. The van der Waals surface area contributed by atoms with E-state index in [0.717, 1.165) is 0 Å². The van der Waals surface area contributed by atoms with Crippen LogP contribution in [-0.4, -0.2) is 34.0 Å². The zero-order valence-electron chi connectivity index (χ0n) is 10.1. The molecule has 0 unspecified atom stereocenters. The number of likely N-dealkylation sites (tertiary alicyclic amines) is 1. The molecule has 2 aliphatic rings. The lowest BCUT2D eigenvalue weighted by molar-refractivity contribution is -0.158. The Kier molecular flexibility index (Phi) is 2.16. The molecule has 0 saturated carbocycles. The van der Waals surface area contributed by atoms with Crippen molar-refractivity contribution in [1.82, 2.24) is 4.90 Å². The van der Waals surface area contributed by atoms with Gasteiger partial charge in [0, 0.05) is 24.1 Å². The van der Waals surface area contributed by atoms with Crippen molar-refractivity contribution in [2.24, 2.45) is 0 Å². The molecule has 0 radical (unpaired) electrons. The predicted octanol–water partition coefficient (Wildman–Crippen LogP) is 1.26. The molecule has 2 rings (SSSR count).